The lowest BCUT2D eigenvalue weighted by atomic mass is 9.78. The van der Waals surface area contributed by atoms with Crippen molar-refractivity contribution in [2.24, 2.45) is 0 Å². The van der Waals surface area contributed by atoms with E-state index >= 15 is 0 Å². The van der Waals surface area contributed by atoms with Crippen molar-refractivity contribution in [1.29, 1.82) is 0 Å². The Morgan fingerprint density at radius 2 is 1.35 bits per heavy atom. The van der Waals surface area contributed by atoms with Gasteiger partial charge in [-0.15, -0.1) is 0 Å². The van der Waals surface area contributed by atoms with Gasteiger partial charge in [0.1, 0.15) is 0 Å². The molecule has 0 unspecified atom stereocenters. The molecule has 17 heavy (non-hydrogen) atoms. The van der Waals surface area contributed by atoms with Crippen LogP contribution in [0.15, 0.2) is 48.5 Å². The highest BCUT2D eigenvalue weighted by atomic mass is 32.1. The van der Waals surface area contributed by atoms with E-state index in [1.54, 1.807) is 0 Å². The lowest BCUT2D eigenvalue weighted by molar-refractivity contribution is 0.576. The summed E-state index contributed by atoms with van der Waals surface area (Å²) in [6, 6.07) is 17.5. The van der Waals surface area contributed by atoms with Gasteiger partial charge >= 0.3 is 0 Å². The minimum Gasteiger partial charge on any atom is -0.178 e. The van der Waals surface area contributed by atoms with Gasteiger partial charge in [0.2, 0.25) is 0 Å². The van der Waals surface area contributed by atoms with Gasteiger partial charge in [-0.3, -0.25) is 0 Å². The van der Waals surface area contributed by atoms with E-state index in [2.05, 4.69) is 68.1 Å². The van der Waals surface area contributed by atoms with Crippen LogP contribution in [0.3, 0.4) is 0 Å². The third kappa shape index (κ3) is 1.32. The predicted octanol–water partition coefficient (Wildman–Crippen LogP) is 4.29. The monoisotopic (exact) mass is 240 g/mol. The zero-order valence-electron chi connectivity index (χ0n) is 9.98. The zero-order chi connectivity index (χ0) is 11.9. The van der Waals surface area contributed by atoms with Crippen LogP contribution in [0.25, 0.3) is 11.1 Å². The summed E-state index contributed by atoms with van der Waals surface area (Å²) in [4.78, 5) is 0. The van der Waals surface area contributed by atoms with Gasteiger partial charge in [-0.05, 0) is 28.7 Å². The second kappa shape index (κ2) is 3.92. The number of rotatable bonds is 2. The quantitative estimate of drug-likeness (QED) is 0.744. The van der Waals surface area contributed by atoms with E-state index in [1.165, 1.54) is 22.3 Å². The number of benzene rings is 2. The van der Waals surface area contributed by atoms with Gasteiger partial charge in [0.25, 0.3) is 0 Å². The molecule has 0 N–H and O–H groups in total. The molecule has 0 aromatic heterocycles. The number of thiol groups is 1. The standard InChI is InChI=1S/C16H16S/c1-2-16(11-17)14-9-5-3-7-12(14)13-8-4-6-10-15(13)16/h3-10,17H,2,11H2,1H3. The topological polar surface area (TPSA) is 0 Å². The molecule has 1 heteroatoms. The Morgan fingerprint density at radius 1 is 0.882 bits per heavy atom. The van der Waals surface area contributed by atoms with E-state index in [1.807, 2.05) is 0 Å². The van der Waals surface area contributed by atoms with Gasteiger partial charge in [0, 0.05) is 11.2 Å². The third-order valence-corrected chi connectivity index (χ3v) is 4.59. The van der Waals surface area contributed by atoms with Crippen molar-refractivity contribution in [2.45, 2.75) is 18.8 Å². The largest absolute Gasteiger partial charge is 0.178 e. The fourth-order valence-corrected chi connectivity index (χ4v) is 3.64. The molecule has 1 aliphatic carbocycles. The van der Waals surface area contributed by atoms with Crippen molar-refractivity contribution in [1.82, 2.24) is 0 Å². The molecule has 0 radical (unpaired) electrons. The maximum Gasteiger partial charge on any atom is 0.0300 e. The lowest BCUT2D eigenvalue weighted by Crippen LogP contribution is -2.26. The highest BCUT2D eigenvalue weighted by molar-refractivity contribution is 7.80. The fourth-order valence-electron chi connectivity index (χ4n) is 3.08. The molecule has 1 aliphatic rings. The average molecular weight is 240 g/mol. The van der Waals surface area contributed by atoms with Crippen molar-refractivity contribution in [3.05, 3.63) is 59.7 Å². The van der Waals surface area contributed by atoms with Gasteiger partial charge < -0.3 is 0 Å². The summed E-state index contributed by atoms with van der Waals surface area (Å²) in [5, 5.41) is 0. The summed E-state index contributed by atoms with van der Waals surface area (Å²) >= 11 is 4.63. The average Bonchev–Trinajstić information content (AvgIpc) is 2.70. The maximum atomic E-state index is 4.63. The molecule has 0 atom stereocenters. The summed E-state index contributed by atoms with van der Waals surface area (Å²) in [5.41, 5.74) is 5.77. The third-order valence-electron chi connectivity index (χ3n) is 4.05. The SMILES string of the molecule is CCC1(CS)c2ccccc2-c2ccccc21. The van der Waals surface area contributed by atoms with E-state index in [0.29, 0.717) is 0 Å². The van der Waals surface area contributed by atoms with Crippen molar-refractivity contribution >= 4 is 12.6 Å². The van der Waals surface area contributed by atoms with E-state index in [9.17, 15) is 0 Å². The molecule has 0 nitrogen and oxygen atoms in total. The Labute approximate surface area is 108 Å². The summed E-state index contributed by atoms with van der Waals surface area (Å²) < 4.78 is 0. The first-order valence-electron chi connectivity index (χ1n) is 6.14. The molecule has 0 fully saturated rings. The molecule has 0 amide bonds. The lowest BCUT2D eigenvalue weighted by Gasteiger charge is -2.28. The number of fused-ring (bicyclic) bond motifs is 3. The Morgan fingerprint density at radius 3 is 1.76 bits per heavy atom. The Kier molecular flexibility index (Phi) is 2.52. The second-order valence-electron chi connectivity index (χ2n) is 4.68. The summed E-state index contributed by atoms with van der Waals surface area (Å²) in [6.45, 7) is 2.26. The predicted molar refractivity (Wildman–Crippen MR) is 76.8 cm³/mol. The molecule has 2 aromatic carbocycles. The van der Waals surface area contributed by atoms with Crippen LogP contribution in [0.2, 0.25) is 0 Å². The molecule has 2 aromatic rings. The van der Waals surface area contributed by atoms with Crippen LogP contribution in [0.4, 0.5) is 0 Å². The summed E-state index contributed by atoms with van der Waals surface area (Å²) in [7, 11) is 0. The minimum atomic E-state index is 0.107. The molecular weight excluding hydrogens is 224 g/mol. The van der Waals surface area contributed by atoms with Crippen LogP contribution < -0.4 is 0 Å². The molecule has 0 saturated heterocycles. The van der Waals surface area contributed by atoms with E-state index in [-0.39, 0.29) is 5.41 Å². The fraction of sp³-hybridized carbons (Fsp3) is 0.250. The highest BCUT2D eigenvalue weighted by Gasteiger charge is 2.40. The minimum absolute atomic E-state index is 0.107. The molecule has 86 valence electrons. The van der Waals surface area contributed by atoms with E-state index in [0.717, 1.165) is 12.2 Å². The molecule has 0 spiro atoms. The van der Waals surface area contributed by atoms with Crippen LogP contribution in [-0.2, 0) is 5.41 Å². The smallest absolute Gasteiger partial charge is 0.0300 e. The van der Waals surface area contributed by atoms with Crippen LogP contribution >= 0.6 is 12.6 Å². The Balaban J connectivity index is 2.38. The molecule has 0 bridgehead atoms. The first kappa shape index (κ1) is 10.9. The summed E-state index contributed by atoms with van der Waals surface area (Å²) in [6.07, 6.45) is 1.10. The molecule has 0 heterocycles. The van der Waals surface area contributed by atoms with Crippen LogP contribution in [-0.4, -0.2) is 5.75 Å². The van der Waals surface area contributed by atoms with E-state index < -0.39 is 0 Å². The van der Waals surface area contributed by atoms with Crippen LogP contribution in [0.1, 0.15) is 24.5 Å². The maximum absolute atomic E-state index is 4.63. The van der Waals surface area contributed by atoms with Crippen LogP contribution in [0, 0.1) is 0 Å². The van der Waals surface area contributed by atoms with Gasteiger partial charge in [0.05, 0.1) is 0 Å². The van der Waals surface area contributed by atoms with Crippen molar-refractivity contribution in [3.63, 3.8) is 0 Å². The van der Waals surface area contributed by atoms with Gasteiger partial charge in [-0.25, -0.2) is 0 Å². The van der Waals surface area contributed by atoms with Gasteiger partial charge in [0.15, 0.2) is 0 Å². The number of hydrogen-bond donors (Lipinski definition) is 1. The second-order valence-corrected chi connectivity index (χ2v) is 5.00. The van der Waals surface area contributed by atoms with Crippen LogP contribution in [0.5, 0.6) is 0 Å². The normalized spacial score (nSPS) is 15.4. The Hall–Kier alpha value is -1.21. The van der Waals surface area contributed by atoms with Crippen molar-refractivity contribution in [3.8, 4) is 11.1 Å². The first-order chi connectivity index (χ1) is 8.33. The molecular formula is C16H16S. The van der Waals surface area contributed by atoms with Gasteiger partial charge in [-0.2, -0.15) is 12.6 Å². The first-order valence-corrected chi connectivity index (χ1v) is 6.77. The molecule has 0 saturated carbocycles. The van der Waals surface area contributed by atoms with Crippen molar-refractivity contribution < 1.29 is 0 Å². The molecule has 0 aliphatic heterocycles. The van der Waals surface area contributed by atoms with Crippen molar-refractivity contribution in [2.75, 3.05) is 5.75 Å². The zero-order valence-corrected chi connectivity index (χ0v) is 10.9. The highest BCUT2D eigenvalue weighted by Crippen LogP contribution is 2.50. The molecule has 3 rings (SSSR count). The number of hydrogen-bond acceptors (Lipinski definition) is 1. The van der Waals surface area contributed by atoms with Gasteiger partial charge in [-0.1, -0.05) is 55.5 Å². The summed E-state index contributed by atoms with van der Waals surface area (Å²) in [5.74, 6) is 0.873. The van der Waals surface area contributed by atoms with E-state index in [4.69, 9.17) is 0 Å². The Bertz CT molecular complexity index is 505.